The molecular formula is C13H16ClN3. The molecule has 0 aliphatic heterocycles. The van der Waals surface area contributed by atoms with Crippen LogP contribution in [0.25, 0.3) is 0 Å². The molecular weight excluding hydrogens is 234 g/mol. The first-order valence-corrected chi connectivity index (χ1v) is 5.95. The van der Waals surface area contributed by atoms with Gasteiger partial charge in [-0.1, -0.05) is 17.7 Å². The van der Waals surface area contributed by atoms with Gasteiger partial charge in [-0.05, 0) is 38.0 Å². The van der Waals surface area contributed by atoms with Gasteiger partial charge >= 0.3 is 0 Å². The number of imidazole rings is 1. The number of nitrogens with zero attached hydrogens (tertiary/aromatic N) is 1. The Morgan fingerprint density at radius 2 is 2.06 bits per heavy atom. The predicted molar refractivity (Wildman–Crippen MR) is 71.6 cm³/mol. The number of H-pyrrole nitrogens is 1. The molecule has 1 aromatic carbocycles. The third kappa shape index (κ3) is 2.80. The zero-order valence-corrected chi connectivity index (χ0v) is 11.0. The van der Waals surface area contributed by atoms with Crippen LogP contribution >= 0.6 is 11.6 Å². The number of aromatic amines is 1. The maximum Gasteiger partial charge on any atom is 0.103 e. The summed E-state index contributed by atoms with van der Waals surface area (Å²) in [7, 11) is 0. The van der Waals surface area contributed by atoms with E-state index in [0.717, 1.165) is 27.8 Å². The van der Waals surface area contributed by atoms with Crippen LogP contribution in [-0.4, -0.2) is 9.97 Å². The van der Waals surface area contributed by atoms with Crippen molar-refractivity contribution >= 4 is 17.3 Å². The fourth-order valence-corrected chi connectivity index (χ4v) is 2.27. The van der Waals surface area contributed by atoms with Crippen molar-refractivity contribution in [3.63, 3.8) is 0 Å². The van der Waals surface area contributed by atoms with E-state index in [1.807, 2.05) is 26.1 Å². The van der Waals surface area contributed by atoms with Gasteiger partial charge in [-0.15, -0.1) is 0 Å². The Hall–Kier alpha value is -1.48. The molecule has 3 nitrogen and oxygen atoms in total. The van der Waals surface area contributed by atoms with Crippen LogP contribution < -0.4 is 5.32 Å². The highest BCUT2D eigenvalue weighted by Gasteiger charge is 2.05. The summed E-state index contributed by atoms with van der Waals surface area (Å²) in [5.74, 6) is 0.925. The van der Waals surface area contributed by atoms with Gasteiger partial charge in [-0.2, -0.15) is 0 Å². The molecule has 0 aliphatic rings. The molecule has 0 bridgehead atoms. The monoisotopic (exact) mass is 249 g/mol. The van der Waals surface area contributed by atoms with Crippen molar-refractivity contribution in [3.8, 4) is 0 Å². The number of anilines is 1. The van der Waals surface area contributed by atoms with Gasteiger partial charge in [0, 0.05) is 0 Å². The Morgan fingerprint density at radius 3 is 2.65 bits per heavy atom. The van der Waals surface area contributed by atoms with E-state index in [1.54, 1.807) is 0 Å². The summed E-state index contributed by atoms with van der Waals surface area (Å²) in [5.41, 5.74) is 4.38. The average molecular weight is 250 g/mol. The molecule has 0 radical (unpaired) electrons. The quantitative estimate of drug-likeness (QED) is 0.873. The minimum atomic E-state index is 0.699. The second kappa shape index (κ2) is 4.80. The Balaban J connectivity index is 2.14. The molecule has 1 heterocycles. The van der Waals surface area contributed by atoms with Crippen LogP contribution in [0.2, 0.25) is 5.02 Å². The summed E-state index contributed by atoms with van der Waals surface area (Å²) < 4.78 is 0. The molecule has 0 aliphatic carbocycles. The highest BCUT2D eigenvalue weighted by molar-refractivity contribution is 6.33. The normalized spacial score (nSPS) is 10.6. The largest absolute Gasteiger partial charge is 0.378 e. The number of hydrogen-bond acceptors (Lipinski definition) is 2. The molecule has 90 valence electrons. The van der Waals surface area contributed by atoms with E-state index in [2.05, 4.69) is 28.3 Å². The Bertz CT molecular complexity index is 508. The molecule has 2 aromatic rings. The number of rotatable bonds is 3. The first kappa shape index (κ1) is 12.0. The summed E-state index contributed by atoms with van der Waals surface area (Å²) in [5, 5.41) is 4.10. The summed E-state index contributed by atoms with van der Waals surface area (Å²) in [4.78, 5) is 7.34. The molecule has 1 aromatic heterocycles. The minimum Gasteiger partial charge on any atom is -0.378 e. The molecule has 0 saturated heterocycles. The first-order chi connectivity index (χ1) is 8.06. The molecule has 0 spiro atoms. The lowest BCUT2D eigenvalue weighted by Crippen LogP contribution is -2.02. The number of nitrogens with one attached hydrogen (secondary N) is 2. The van der Waals surface area contributed by atoms with E-state index in [4.69, 9.17) is 11.6 Å². The highest BCUT2D eigenvalue weighted by atomic mass is 35.5. The third-order valence-corrected chi connectivity index (χ3v) is 2.94. The van der Waals surface area contributed by atoms with Gasteiger partial charge in [0.15, 0.2) is 0 Å². The SMILES string of the molecule is Cc1cc(C)c(NCc2cnc(C)[nH]2)c(Cl)c1. The van der Waals surface area contributed by atoms with Crippen LogP contribution in [0.3, 0.4) is 0 Å². The Kier molecular flexibility index (Phi) is 3.38. The lowest BCUT2D eigenvalue weighted by Gasteiger charge is -2.11. The molecule has 0 saturated carbocycles. The summed E-state index contributed by atoms with van der Waals surface area (Å²) in [6.45, 7) is 6.73. The van der Waals surface area contributed by atoms with E-state index in [-0.39, 0.29) is 0 Å². The number of aromatic nitrogens is 2. The number of hydrogen-bond donors (Lipinski definition) is 2. The maximum atomic E-state index is 6.22. The van der Waals surface area contributed by atoms with Crippen molar-refractivity contribution in [1.29, 1.82) is 0 Å². The van der Waals surface area contributed by atoms with Crippen LogP contribution in [-0.2, 0) is 6.54 Å². The van der Waals surface area contributed by atoms with Crippen LogP contribution in [0.4, 0.5) is 5.69 Å². The lowest BCUT2D eigenvalue weighted by atomic mass is 10.1. The zero-order valence-electron chi connectivity index (χ0n) is 10.3. The second-order valence-electron chi connectivity index (χ2n) is 4.29. The van der Waals surface area contributed by atoms with Crippen LogP contribution in [0.1, 0.15) is 22.6 Å². The van der Waals surface area contributed by atoms with E-state index in [0.29, 0.717) is 6.54 Å². The van der Waals surface area contributed by atoms with Crippen LogP contribution in [0.5, 0.6) is 0 Å². The van der Waals surface area contributed by atoms with Gasteiger partial charge < -0.3 is 10.3 Å². The van der Waals surface area contributed by atoms with Crippen LogP contribution in [0.15, 0.2) is 18.3 Å². The fraction of sp³-hybridized carbons (Fsp3) is 0.308. The van der Waals surface area contributed by atoms with E-state index in [1.165, 1.54) is 5.56 Å². The predicted octanol–water partition coefficient (Wildman–Crippen LogP) is 3.60. The number of aryl methyl sites for hydroxylation is 3. The zero-order chi connectivity index (χ0) is 12.4. The summed E-state index contributed by atoms with van der Waals surface area (Å²) >= 11 is 6.22. The van der Waals surface area contributed by atoms with Gasteiger partial charge in [0.1, 0.15) is 5.82 Å². The van der Waals surface area contributed by atoms with Crippen molar-refractivity contribution in [2.45, 2.75) is 27.3 Å². The fourth-order valence-electron chi connectivity index (χ4n) is 1.88. The minimum absolute atomic E-state index is 0.699. The van der Waals surface area contributed by atoms with Crippen molar-refractivity contribution in [2.24, 2.45) is 0 Å². The molecule has 0 amide bonds. The van der Waals surface area contributed by atoms with Gasteiger partial charge in [-0.25, -0.2) is 4.98 Å². The maximum absolute atomic E-state index is 6.22. The van der Waals surface area contributed by atoms with Gasteiger partial charge in [0.25, 0.3) is 0 Å². The molecule has 0 atom stereocenters. The Labute approximate surface area is 106 Å². The summed E-state index contributed by atoms with van der Waals surface area (Å²) in [6.07, 6.45) is 1.83. The van der Waals surface area contributed by atoms with E-state index < -0.39 is 0 Å². The van der Waals surface area contributed by atoms with Crippen LogP contribution in [0, 0.1) is 20.8 Å². The van der Waals surface area contributed by atoms with Crippen molar-refractivity contribution in [2.75, 3.05) is 5.32 Å². The molecule has 0 unspecified atom stereocenters. The molecule has 2 N–H and O–H groups in total. The second-order valence-corrected chi connectivity index (χ2v) is 4.69. The first-order valence-electron chi connectivity index (χ1n) is 5.57. The summed E-state index contributed by atoms with van der Waals surface area (Å²) in [6, 6.07) is 4.08. The van der Waals surface area contributed by atoms with Gasteiger partial charge in [0.05, 0.1) is 29.1 Å². The van der Waals surface area contributed by atoms with Crippen molar-refractivity contribution in [3.05, 3.63) is 46.0 Å². The topological polar surface area (TPSA) is 40.7 Å². The van der Waals surface area contributed by atoms with Gasteiger partial charge in [-0.3, -0.25) is 0 Å². The lowest BCUT2D eigenvalue weighted by molar-refractivity contribution is 1.04. The molecule has 0 fully saturated rings. The third-order valence-electron chi connectivity index (χ3n) is 2.64. The highest BCUT2D eigenvalue weighted by Crippen LogP contribution is 2.27. The molecule has 17 heavy (non-hydrogen) atoms. The number of halogens is 1. The van der Waals surface area contributed by atoms with Crippen molar-refractivity contribution in [1.82, 2.24) is 9.97 Å². The van der Waals surface area contributed by atoms with Gasteiger partial charge in [0.2, 0.25) is 0 Å². The standard InChI is InChI=1S/C13H16ClN3/c1-8-4-9(2)13(12(14)5-8)16-7-11-6-15-10(3)17-11/h4-6,16H,7H2,1-3H3,(H,15,17). The molecule has 2 rings (SSSR count). The molecule has 4 heteroatoms. The van der Waals surface area contributed by atoms with E-state index >= 15 is 0 Å². The smallest absolute Gasteiger partial charge is 0.103 e. The van der Waals surface area contributed by atoms with Crippen molar-refractivity contribution < 1.29 is 0 Å². The number of benzene rings is 1. The van der Waals surface area contributed by atoms with E-state index in [9.17, 15) is 0 Å². The Morgan fingerprint density at radius 1 is 1.29 bits per heavy atom. The average Bonchev–Trinajstić information content (AvgIpc) is 2.62.